The van der Waals surface area contributed by atoms with Gasteiger partial charge in [0.1, 0.15) is 5.76 Å². The van der Waals surface area contributed by atoms with Gasteiger partial charge >= 0.3 is 0 Å². The minimum absolute atomic E-state index is 0.214. The van der Waals surface area contributed by atoms with Crippen LogP contribution in [0.5, 0.6) is 0 Å². The molecule has 20 heavy (non-hydrogen) atoms. The third kappa shape index (κ3) is 2.47. The minimum atomic E-state index is 0.214. The van der Waals surface area contributed by atoms with Gasteiger partial charge in [0.15, 0.2) is 0 Å². The van der Waals surface area contributed by atoms with Crippen molar-refractivity contribution in [1.29, 1.82) is 0 Å². The van der Waals surface area contributed by atoms with Gasteiger partial charge in [0.25, 0.3) is 0 Å². The fourth-order valence-electron chi connectivity index (χ4n) is 2.67. The average molecular weight is 265 g/mol. The smallest absolute Gasteiger partial charge is 0.123 e. The topological polar surface area (TPSA) is 25.2 Å². The number of fused-ring (bicyclic) bond motifs is 1. The monoisotopic (exact) mass is 265 g/mol. The molecule has 1 atom stereocenters. The molecule has 0 bridgehead atoms. The van der Waals surface area contributed by atoms with Crippen molar-refractivity contribution in [2.24, 2.45) is 0 Å². The lowest BCUT2D eigenvalue weighted by Crippen LogP contribution is -2.19. The molecule has 2 nitrogen and oxygen atoms in total. The molecule has 0 fully saturated rings. The molecule has 102 valence electrons. The van der Waals surface area contributed by atoms with Crippen LogP contribution in [0.1, 0.15) is 22.9 Å². The molecular weight excluding hydrogens is 246 g/mol. The first-order valence-electron chi connectivity index (χ1n) is 6.97. The molecule has 2 aromatic carbocycles. The van der Waals surface area contributed by atoms with Gasteiger partial charge in [-0.15, -0.1) is 0 Å². The van der Waals surface area contributed by atoms with E-state index in [4.69, 9.17) is 4.42 Å². The molecule has 3 rings (SSSR count). The fourth-order valence-corrected chi connectivity index (χ4v) is 2.67. The van der Waals surface area contributed by atoms with E-state index in [0.717, 1.165) is 12.2 Å². The van der Waals surface area contributed by atoms with Crippen LogP contribution < -0.4 is 5.32 Å². The van der Waals surface area contributed by atoms with Crippen molar-refractivity contribution >= 4 is 10.8 Å². The van der Waals surface area contributed by atoms with Crippen molar-refractivity contribution in [3.05, 3.63) is 71.7 Å². The van der Waals surface area contributed by atoms with Gasteiger partial charge in [-0.3, -0.25) is 0 Å². The Labute approximate surface area is 119 Å². The van der Waals surface area contributed by atoms with Crippen LogP contribution >= 0.6 is 0 Å². The molecule has 0 saturated heterocycles. The third-order valence-electron chi connectivity index (χ3n) is 3.82. The van der Waals surface area contributed by atoms with Crippen molar-refractivity contribution in [2.75, 3.05) is 7.05 Å². The maximum Gasteiger partial charge on any atom is 0.123 e. The molecule has 0 aliphatic rings. The molecule has 1 N–H and O–H groups in total. The number of furan rings is 1. The van der Waals surface area contributed by atoms with Crippen molar-refractivity contribution in [1.82, 2.24) is 5.32 Å². The van der Waals surface area contributed by atoms with Crippen molar-refractivity contribution in [3.63, 3.8) is 0 Å². The van der Waals surface area contributed by atoms with Gasteiger partial charge in [-0.25, -0.2) is 0 Å². The zero-order valence-corrected chi connectivity index (χ0v) is 11.9. The van der Waals surface area contributed by atoms with Crippen LogP contribution in [0, 0.1) is 6.92 Å². The van der Waals surface area contributed by atoms with Gasteiger partial charge in [0.2, 0.25) is 0 Å². The Hall–Kier alpha value is -2.06. The minimum Gasteiger partial charge on any atom is -0.467 e. The third-order valence-corrected chi connectivity index (χ3v) is 3.82. The van der Waals surface area contributed by atoms with Crippen molar-refractivity contribution in [3.8, 4) is 0 Å². The van der Waals surface area contributed by atoms with E-state index in [2.05, 4.69) is 54.7 Å². The van der Waals surface area contributed by atoms with Gasteiger partial charge < -0.3 is 9.73 Å². The fraction of sp³-hybridized carbons (Fsp3) is 0.222. The highest BCUT2D eigenvalue weighted by Gasteiger charge is 2.15. The summed E-state index contributed by atoms with van der Waals surface area (Å²) in [5, 5.41) is 5.92. The Morgan fingerprint density at radius 2 is 1.85 bits per heavy atom. The highest BCUT2D eigenvalue weighted by molar-refractivity contribution is 5.83. The van der Waals surface area contributed by atoms with Crippen molar-refractivity contribution in [2.45, 2.75) is 19.4 Å². The summed E-state index contributed by atoms with van der Waals surface area (Å²) < 4.78 is 5.61. The Kier molecular flexibility index (Phi) is 3.57. The van der Waals surface area contributed by atoms with Crippen LogP contribution in [-0.4, -0.2) is 7.05 Å². The number of nitrogens with one attached hydrogen (secondary N) is 1. The van der Waals surface area contributed by atoms with Crippen LogP contribution in [0.4, 0.5) is 0 Å². The number of hydrogen-bond donors (Lipinski definition) is 1. The maximum atomic E-state index is 5.61. The standard InChI is InChI=1S/C18H19NO/c1-13-9-10-20-18(13)17(19-2)12-14-7-8-15-5-3-4-6-16(15)11-14/h3-11,17,19H,12H2,1-2H3. The zero-order chi connectivity index (χ0) is 13.9. The Bertz CT molecular complexity index is 714. The normalized spacial score (nSPS) is 12.7. The maximum absolute atomic E-state index is 5.61. The summed E-state index contributed by atoms with van der Waals surface area (Å²) >= 11 is 0. The van der Waals surface area contributed by atoms with E-state index >= 15 is 0 Å². The molecule has 0 amide bonds. The highest BCUT2D eigenvalue weighted by atomic mass is 16.3. The van der Waals surface area contributed by atoms with Gasteiger partial charge in [-0.2, -0.15) is 0 Å². The van der Waals surface area contributed by atoms with Gasteiger partial charge in [-0.05, 0) is 48.4 Å². The summed E-state index contributed by atoms with van der Waals surface area (Å²) in [6.07, 6.45) is 2.69. The van der Waals surface area contributed by atoms with E-state index in [1.54, 1.807) is 6.26 Å². The summed E-state index contributed by atoms with van der Waals surface area (Å²) in [6.45, 7) is 2.09. The average Bonchev–Trinajstić information content (AvgIpc) is 2.91. The first-order chi connectivity index (χ1) is 9.78. The number of rotatable bonds is 4. The SMILES string of the molecule is CNC(Cc1ccc2ccccc2c1)c1occc1C. The van der Waals surface area contributed by atoms with Crippen LogP contribution in [-0.2, 0) is 6.42 Å². The second kappa shape index (κ2) is 5.51. The molecule has 3 aromatic rings. The molecule has 0 radical (unpaired) electrons. The molecule has 1 heterocycles. The highest BCUT2D eigenvalue weighted by Crippen LogP contribution is 2.24. The summed E-state index contributed by atoms with van der Waals surface area (Å²) in [4.78, 5) is 0. The summed E-state index contributed by atoms with van der Waals surface area (Å²) in [7, 11) is 1.98. The number of hydrogen-bond acceptors (Lipinski definition) is 2. The van der Waals surface area contributed by atoms with Gasteiger partial charge in [0.05, 0.1) is 12.3 Å². The van der Waals surface area contributed by atoms with E-state index in [-0.39, 0.29) is 6.04 Å². The van der Waals surface area contributed by atoms with Gasteiger partial charge in [-0.1, -0.05) is 42.5 Å². The number of likely N-dealkylation sites (N-methyl/N-ethyl adjacent to an activating group) is 1. The molecule has 0 spiro atoms. The molecule has 0 aliphatic heterocycles. The lowest BCUT2D eigenvalue weighted by atomic mass is 9.99. The van der Waals surface area contributed by atoms with E-state index in [1.165, 1.54) is 21.9 Å². The second-order valence-corrected chi connectivity index (χ2v) is 5.19. The number of aryl methyl sites for hydroxylation is 1. The zero-order valence-electron chi connectivity index (χ0n) is 11.9. The van der Waals surface area contributed by atoms with Crippen LogP contribution in [0.15, 0.2) is 59.2 Å². The lowest BCUT2D eigenvalue weighted by molar-refractivity contribution is 0.426. The predicted octanol–water partition coefficient (Wildman–Crippen LogP) is 4.24. The molecule has 1 aromatic heterocycles. The molecule has 0 saturated carbocycles. The molecular formula is C18H19NO. The summed E-state index contributed by atoms with van der Waals surface area (Å²) in [5.41, 5.74) is 2.52. The van der Waals surface area contributed by atoms with Gasteiger partial charge in [0, 0.05) is 0 Å². The van der Waals surface area contributed by atoms with E-state index < -0.39 is 0 Å². The quantitative estimate of drug-likeness (QED) is 0.763. The first kappa shape index (κ1) is 12.9. The molecule has 2 heteroatoms. The molecule has 1 unspecified atom stereocenters. The second-order valence-electron chi connectivity index (χ2n) is 5.19. The largest absolute Gasteiger partial charge is 0.467 e. The molecule has 0 aliphatic carbocycles. The predicted molar refractivity (Wildman–Crippen MR) is 82.9 cm³/mol. The first-order valence-corrected chi connectivity index (χ1v) is 6.97. The summed E-state index contributed by atoms with van der Waals surface area (Å²) in [5.74, 6) is 1.03. The Balaban J connectivity index is 1.89. The van der Waals surface area contributed by atoms with Crippen LogP contribution in [0.2, 0.25) is 0 Å². The van der Waals surface area contributed by atoms with Crippen LogP contribution in [0.3, 0.4) is 0 Å². The number of benzene rings is 2. The van der Waals surface area contributed by atoms with E-state index in [1.807, 2.05) is 13.1 Å². The Morgan fingerprint density at radius 1 is 1.05 bits per heavy atom. The summed E-state index contributed by atoms with van der Waals surface area (Å²) in [6, 6.07) is 17.3. The van der Waals surface area contributed by atoms with Crippen molar-refractivity contribution < 1.29 is 4.42 Å². The van der Waals surface area contributed by atoms with E-state index in [9.17, 15) is 0 Å². The van der Waals surface area contributed by atoms with E-state index in [0.29, 0.717) is 0 Å². The van der Waals surface area contributed by atoms with Crippen LogP contribution in [0.25, 0.3) is 10.8 Å². The lowest BCUT2D eigenvalue weighted by Gasteiger charge is -2.15. The Morgan fingerprint density at radius 3 is 2.55 bits per heavy atom.